The Kier molecular flexibility index (Phi) is 3.35. The Morgan fingerprint density at radius 3 is 2.90 bits per heavy atom. The van der Waals surface area contributed by atoms with Gasteiger partial charge < -0.3 is 10.0 Å². The van der Waals surface area contributed by atoms with Crippen LogP contribution >= 0.6 is 15.9 Å². The Morgan fingerprint density at radius 2 is 2.15 bits per heavy atom. The van der Waals surface area contributed by atoms with Crippen molar-refractivity contribution in [2.24, 2.45) is 0 Å². The first-order valence-corrected chi connectivity index (χ1v) is 7.10. The van der Waals surface area contributed by atoms with Gasteiger partial charge in [-0.1, -0.05) is 34.1 Å². The van der Waals surface area contributed by atoms with Crippen LogP contribution in [0.2, 0.25) is 0 Å². The maximum atomic E-state index is 12.0. The van der Waals surface area contributed by atoms with E-state index >= 15 is 0 Å². The number of amides is 3. The summed E-state index contributed by atoms with van der Waals surface area (Å²) in [6, 6.07) is 4.81. The molecule has 0 bridgehead atoms. The fourth-order valence-corrected chi connectivity index (χ4v) is 3.28. The zero-order chi connectivity index (χ0) is 14.3. The van der Waals surface area contributed by atoms with E-state index in [1.807, 2.05) is 18.2 Å². The van der Waals surface area contributed by atoms with Gasteiger partial charge in [0.25, 0.3) is 5.91 Å². The highest BCUT2D eigenvalue weighted by Crippen LogP contribution is 2.38. The second-order valence-corrected chi connectivity index (χ2v) is 5.73. The van der Waals surface area contributed by atoms with E-state index in [-0.39, 0.29) is 6.04 Å². The van der Waals surface area contributed by atoms with E-state index in [0.29, 0.717) is 13.0 Å². The van der Waals surface area contributed by atoms with Crippen LogP contribution in [0.5, 0.6) is 0 Å². The highest BCUT2D eigenvalue weighted by atomic mass is 79.9. The fourth-order valence-electron chi connectivity index (χ4n) is 2.74. The third-order valence-corrected chi connectivity index (χ3v) is 4.46. The van der Waals surface area contributed by atoms with Crippen molar-refractivity contribution >= 4 is 27.9 Å². The lowest BCUT2D eigenvalue weighted by Crippen LogP contribution is -2.48. The van der Waals surface area contributed by atoms with Crippen molar-refractivity contribution in [3.63, 3.8) is 0 Å². The second kappa shape index (κ2) is 5.03. The van der Waals surface area contributed by atoms with Crippen LogP contribution in [0.4, 0.5) is 4.79 Å². The molecular weight excluding hydrogens is 324 g/mol. The molecule has 1 aromatic carbocycles. The molecule has 1 aromatic rings. The topological polar surface area (TPSA) is 69.6 Å². The number of carbonyl (C=O) groups excluding carboxylic acids is 2. The second-order valence-electron chi connectivity index (χ2n) is 4.87. The van der Waals surface area contributed by atoms with Gasteiger partial charge in [-0.25, -0.2) is 4.79 Å². The molecule has 0 saturated carbocycles. The lowest BCUT2D eigenvalue weighted by atomic mass is 10.1. The molecule has 0 saturated heterocycles. The van der Waals surface area contributed by atoms with Crippen molar-refractivity contribution < 1.29 is 14.7 Å². The Bertz CT molecular complexity index is 614. The molecule has 3 rings (SSSR count). The third kappa shape index (κ3) is 2.14. The van der Waals surface area contributed by atoms with Gasteiger partial charge in [-0.3, -0.25) is 10.1 Å². The van der Waals surface area contributed by atoms with Gasteiger partial charge in [0.1, 0.15) is 6.10 Å². The third-order valence-electron chi connectivity index (χ3n) is 3.71. The predicted octanol–water partition coefficient (Wildman–Crippen LogP) is 1.52. The number of hydrogen-bond acceptors (Lipinski definition) is 3. The molecule has 1 aliphatic heterocycles. The van der Waals surface area contributed by atoms with Crippen molar-refractivity contribution in [3.05, 3.63) is 46.0 Å². The summed E-state index contributed by atoms with van der Waals surface area (Å²) in [7, 11) is 0. The van der Waals surface area contributed by atoms with E-state index in [9.17, 15) is 14.7 Å². The first-order valence-electron chi connectivity index (χ1n) is 6.31. The smallest absolute Gasteiger partial charge is 0.324 e. The summed E-state index contributed by atoms with van der Waals surface area (Å²) in [5.74, 6) is -0.427. The standard InChI is InChI=1S/C14H13BrN2O3/c15-10-4-1-3-8-9(10)7-11(13(8)19)17-6-2-5-12(18)16-14(17)20/h1-5,11,13,19H,6-7H2,(H,16,18,20). The number of nitrogens with one attached hydrogen (secondary N) is 1. The van der Waals surface area contributed by atoms with Crippen molar-refractivity contribution in [1.29, 1.82) is 0 Å². The molecule has 2 unspecified atom stereocenters. The summed E-state index contributed by atoms with van der Waals surface area (Å²) in [5, 5.41) is 12.7. The van der Waals surface area contributed by atoms with Gasteiger partial charge in [-0.2, -0.15) is 0 Å². The zero-order valence-corrected chi connectivity index (χ0v) is 12.1. The molecule has 20 heavy (non-hydrogen) atoms. The Balaban J connectivity index is 1.90. The minimum Gasteiger partial charge on any atom is -0.386 e. The normalized spacial score (nSPS) is 25.4. The molecule has 2 N–H and O–H groups in total. The Labute approximate surface area is 124 Å². The van der Waals surface area contributed by atoms with Crippen molar-refractivity contribution in [3.8, 4) is 0 Å². The lowest BCUT2D eigenvalue weighted by Gasteiger charge is -2.29. The molecule has 2 atom stereocenters. The Morgan fingerprint density at radius 1 is 1.35 bits per heavy atom. The van der Waals surface area contributed by atoms with Crippen LogP contribution in [0.25, 0.3) is 0 Å². The first kappa shape index (κ1) is 13.3. The number of fused-ring (bicyclic) bond motifs is 1. The summed E-state index contributed by atoms with van der Waals surface area (Å²) >= 11 is 3.47. The van der Waals surface area contributed by atoms with Gasteiger partial charge in [0.05, 0.1) is 6.04 Å². The largest absolute Gasteiger partial charge is 0.386 e. The van der Waals surface area contributed by atoms with Gasteiger partial charge in [0.15, 0.2) is 0 Å². The van der Waals surface area contributed by atoms with Crippen LogP contribution in [0.3, 0.4) is 0 Å². The summed E-state index contributed by atoms with van der Waals surface area (Å²) in [4.78, 5) is 24.8. The fraction of sp³-hybridized carbons (Fsp3) is 0.286. The van der Waals surface area contributed by atoms with E-state index in [1.54, 1.807) is 6.08 Å². The molecule has 5 nitrogen and oxygen atoms in total. The van der Waals surface area contributed by atoms with Crippen LogP contribution < -0.4 is 5.32 Å². The average Bonchev–Trinajstić information content (AvgIpc) is 2.64. The number of nitrogens with zero attached hydrogens (tertiary/aromatic N) is 1. The van der Waals surface area contributed by atoms with Crippen molar-refractivity contribution in [2.75, 3.05) is 6.54 Å². The number of hydrogen-bond donors (Lipinski definition) is 2. The molecule has 0 spiro atoms. The van der Waals surface area contributed by atoms with Crippen molar-refractivity contribution in [1.82, 2.24) is 10.2 Å². The van der Waals surface area contributed by atoms with E-state index in [1.165, 1.54) is 11.0 Å². The quantitative estimate of drug-likeness (QED) is 0.816. The minimum atomic E-state index is -0.741. The molecule has 0 fully saturated rings. The summed E-state index contributed by atoms with van der Waals surface area (Å²) < 4.78 is 0.929. The molecule has 1 aliphatic carbocycles. The zero-order valence-electron chi connectivity index (χ0n) is 10.5. The van der Waals surface area contributed by atoms with Gasteiger partial charge in [0.2, 0.25) is 0 Å². The molecule has 6 heteroatoms. The van der Waals surface area contributed by atoms with E-state index in [4.69, 9.17) is 0 Å². The van der Waals surface area contributed by atoms with E-state index in [0.717, 1.165) is 15.6 Å². The summed E-state index contributed by atoms with van der Waals surface area (Å²) in [6.45, 7) is 0.310. The van der Waals surface area contributed by atoms with Crippen LogP contribution in [-0.4, -0.2) is 34.5 Å². The first-order chi connectivity index (χ1) is 9.58. The number of aliphatic hydroxyl groups excluding tert-OH is 1. The van der Waals surface area contributed by atoms with Gasteiger partial charge in [-0.15, -0.1) is 0 Å². The molecule has 0 aromatic heterocycles. The average molecular weight is 337 g/mol. The number of aliphatic hydroxyl groups is 1. The maximum absolute atomic E-state index is 12.0. The maximum Gasteiger partial charge on any atom is 0.324 e. The minimum absolute atomic E-state index is 0.310. The molecule has 1 heterocycles. The monoisotopic (exact) mass is 336 g/mol. The number of rotatable bonds is 1. The number of urea groups is 1. The van der Waals surface area contributed by atoms with Crippen LogP contribution in [-0.2, 0) is 11.2 Å². The van der Waals surface area contributed by atoms with E-state index in [2.05, 4.69) is 21.2 Å². The summed E-state index contributed by atoms with van der Waals surface area (Å²) in [5.41, 5.74) is 1.84. The highest BCUT2D eigenvalue weighted by Gasteiger charge is 2.38. The highest BCUT2D eigenvalue weighted by molar-refractivity contribution is 9.10. The number of halogens is 1. The van der Waals surface area contributed by atoms with Crippen molar-refractivity contribution in [2.45, 2.75) is 18.6 Å². The number of imide groups is 1. The lowest BCUT2D eigenvalue weighted by molar-refractivity contribution is -0.115. The molecule has 0 radical (unpaired) electrons. The summed E-state index contributed by atoms with van der Waals surface area (Å²) in [6.07, 6.45) is 2.79. The van der Waals surface area contributed by atoms with Gasteiger partial charge in [-0.05, 0) is 23.6 Å². The van der Waals surface area contributed by atoms with Crippen LogP contribution in [0.15, 0.2) is 34.8 Å². The number of benzene rings is 1. The van der Waals surface area contributed by atoms with Gasteiger partial charge in [0, 0.05) is 17.1 Å². The SMILES string of the molecule is O=C1C=CCN(C2Cc3c(Br)cccc3C2O)C(=O)N1. The molecule has 2 aliphatic rings. The number of carbonyl (C=O) groups is 2. The molecular formula is C14H13BrN2O3. The molecule has 3 amide bonds. The van der Waals surface area contributed by atoms with Crippen LogP contribution in [0.1, 0.15) is 17.2 Å². The Hall–Kier alpha value is -1.66. The predicted molar refractivity (Wildman–Crippen MR) is 76.0 cm³/mol. The van der Waals surface area contributed by atoms with E-state index < -0.39 is 18.0 Å². The van der Waals surface area contributed by atoms with Crippen LogP contribution in [0, 0.1) is 0 Å². The molecule has 104 valence electrons. The van der Waals surface area contributed by atoms with Gasteiger partial charge >= 0.3 is 6.03 Å².